The lowest BCUT2D eigenvalue weighted by atomic mass is 10.0. The third-order valence-corrected chi connectivity index (χ3v) is 4.29. The van der Waals surface area contributed by atoms with Crippen molar-refractivity contribution in [2.24, 2.45) is 0 Å². The van der Waals surface area contributed by atoms with E-state index in [-0.39, 0.29) is 23.8 Å². The Balaban J connectivity index is 1.53. The summed E-state index contributed by atoms with van der Waals surface area (Å²) in [6.07, 6.45) is 2.85. The van der Waals surface area contributed by atoms with Crippen LogP contribution in [-0.2, 0) is 4.79 Å². The minimum absolute atomic E-state index is 0.00701. The third kappa shape index (κ3) is 4.30. The number of likely N-dealkylation sites (tertiary alicyclic amines) is 1. The molecule has 0 saturated carbocycles. The van der Waals surface area contributed by atoms with Crippen LogP contribution >= 0.6 is 0 Å². The molecule has 2 N–H and O–H groups in total. The van der Waals surface area contributed by atoms with Crippen LogP contribution in [-0.4, -0.2) is 41.8 Å². The molecule has 1 aromatic heterocycles. The van der Waals surface area contributed by atoms with E-state index in [2.05, 4.69) is 10.6 Å². The molecule has 1 aromatic carbocycles. The number of hydrogen-bond donors (Lipinski definition) is 2. The number of anilines is 1. The highest BCUT2D eigenvalue weighted by molar-refractivity contribution is 5.97. The highest BCUT2D eigenvalue weighted by atomic mass is 16.3. The first kappa shape index (κ1) is 17.7. The normalized spacial score (nSPS) is 14.7. The van der Waals surface area contributed by atoms with Crippen molar-refractivity contribution >= 4 is 23.4 Å². The first-order valence-electron chi connectivity index (χ1n) is 8.54. The quantitative estimate of drug-likeness (QED) is 0.880. The molecule has 0 radical (unpaired) electrons. The van der Waals surface area contributed by atoms with Crippen molar-refractivity contribution in [3.05, 3.63) is 54.0 Å². The van der Waals surface area contributed by atoms with Crippen molar-refractivity contribution in [3.8, 4) is 0 Å². The lowest BCUT2D eigenvalue weighted by Crippen LogP contribution is -2.46. The van der Waals surface area contributed by atoms with Gasteiger partial charge in [0.2, 0.25) is 5.91 Å². The minimum atomic E-state index is -0.187. The van der Waals surface area contributed by atoms with Gasteiger partial charge in [-0.3, -0.25) is 14.4 Å². The summed E-state index contributed by atoms with van der Waals surface area (Å²) < 4.78 is 5.15. The summed E-state index contributed by atoms with van der Waals surface area (Å²) in [6, 6.07) is 10.2. The van der Waals surface area contributed by atoms with Crippen LogP contribution in [0.3, 0.4) is 0 Å². The number of carbonyl (C=O) groups is 3. The zero-order valence-corrected chi connectivity index (χ0v) is 14.5. The molecule has 1 fully saturated rings. The lowest BCUT2D eigenvalue weighted by Gasteiger charge is -2.31. The fourth-order valence-electron chi connectivity index (χ4n) is 2.99. The number of carbonyl (C=O) groups excluding carboxylic acids is 3. The first-order chi connectivity index (χ1) is 12.5. The van der Waals surface area contributed by atoms with Gasteiger partial charge < -0.3 is 20.0 Å². The zero-order valence-electron chi connectivity index (χ0n) is 14.5. The number of piperidine rings is 1. The Morgan fingerprint density at radius 2 is 1.88 bits per heavy atom. The molecule has 3 amide bonds. The standard InChI is InChI=1S/C19H21N3O4/c1-13(23)20-16-5-2-4-14(12-16)18(24)21-15-7-9-22(10-8-15)19(25)17-6-3-11-26-17/h2-6,11-12,15H,7-10H2,1H3,(H,20,23)(H,21,24). The van der Waals surface area contributed by atoms with E-state index >= 15 is 0 Å². The van der Waals surface area contributed by atoms with Gasteiger partial charge in [0, 0.05) is 37.3 Å². The molecule has 1 aliphatic rings. The van der Waals surface area contributed by atoms with Crippen molar-refractivity contribution in [2.75, 3.05) is 18.4 Å². The summed E-state index contributed by atoms with van der Waals surface area (Å²) >= 11 is 0. The zero-order chi connectivity index (χ0) is 18.5. The second kappa shape index (κ2) is 7.86. The van der Waals surface area contributed by atoms with Gasteiger partial charge in [0.15, 0.2) is 5.76 Å². The largest absolute Gasteiger partial charge is 0.459 e. The predicted octanol–water partition coefficient (Wildman–Crippen LogP) is 2.27. The number of furan rings is 1. The summed E-state index contributed by atoms with van der Waals surface area (Å²) in [5, 5.41) is 5.66. The molecule has 1 saturated heterocycles. The van der Waals surface area contributed by atoms with Gasteiger partial charge >= 0.3 is 0 Å². The number of hydrogen-bond acceptors (Lipinski definition) is 4. The second-order valence-corrected chi connectivity index (χ2v) is 6.28. The average Bonchev–Trinajstić information content (AvgIpc) is 3.16. The van der Waals surface area contributed by atoms with Crippen molar-refractivity contribution in [1.29, 1.82) is 0 Å². The molecule has 0 atom stereocenters. The molecule has 7 nitrogen and oxygen atoms in total. The van der Waals surface area contributed by atoms with Gasteiger partial charge in [-0.1, -0.05) is 6.07 Å². The van der Waals surface area contributed by atoms with Gasteiger partial charge in [0.25, 0.3) is 11.8 Å². The SMILES string of the molecule is CC(=O)Nc1cccc(C(=O)NC2CCN(C(=O)c3ccco3)CC2)c1. The highest BCUT2D eigenvalue weighted by Crippen LogP contribution is 2.16. The predicted molar refractivity (Wildman–Crippen MR) is 95.8 cm³/mol. The molecule has 26 heavy (non-hydrogen) atoms. The number of nitrogens with one attached hydrogen (secondary N) is 2. The fourth-order valence-corrected chi connectivity index (χ4v) is 2.99. The molecular formula is C19H21N3O4. The maximum atomic E-state index is 12.4. The molecule has 0 aliphatic carbocycles. The van der Waals surface area contributed by atoms with Crippen LogP contribution in [0.4, 0.5) is 5.69 Å². The topological polar surface area (TPSA) is 91.7 Å². The maximum Gasteiger partial charge on any atom is 0.289 e. The van der Waals surface area contributed by atoms with Gasteiger partial charge in [-0.2, -0.15) is 0 Å². The van der Waals surface area contributed by atoms with E-state index in [1.54, 1.807) is 41.3 Å². The molecule has 136 valence electrons. The van der Waals surface area contributed by atoms with E-state index in [0.29, 0.717) is 42.9 Å². The molecular weight excluding hydrogens is 334 g/mol. The summed E-state index contributed by atoms with van der Waals surface area (Å²) in [7, 11) is 0. The molecule has 2 aromatic rings. The van der Waals surface area contributed by atoms with Crippen LogP contribution in [0.1, 0.15) is 40.7 Å². The summed E-state index contributed by atoms with van der Waals surface area (Å²) in [5.41, 5.74) is 1.08. The molecule has 0 unspecified atom stereocenters. The van der Waals surface area contributed by atoms with E-state index < -0.39 is 0 Å². The second-order valence-electron chi connectivity index (χ2n) is 6.28. The monoisotopic (exact) mass is 355 g/mol. The van der Waals surface area contributed by atoms with Crippen molar-refractivity contribution in [2.45, 2.75) is 25.8 Å². The van der Waals surface area contributed by atoms with Crippen molar-refractivity contribution in [1.82, 2.24) is 10.2 Å². The summed E-state index contributed by atoms with van der Waals surface area (Å²) in [6.45, 7) is 2.55. The van der Waals surface area contributed by atoms with Crippen LogP contribution in [0.2, 0.25) is 0 Å². The van der Waals surface area contributed by atoms with Crippen LogP contribution in [0.5, 0.6) is 0 Å². The third-order valence-electron chi connectivity index (χ3n) is 4.29. The van der Waals surface area contributed by atoms with Crippen LogP contribution in [0, 0.1) is 0 Å². The van der Waals surface area contributed by atoms with E-state index in [1.807, 2.05) is 0 Å². The highest BCUT2D eigenvalue weighted by Gasteiger charge is 2.26. The maximum absolute atomic E-state index is 12.4. The Labute approximate surface area is 151 Å². The lowest BCUT2D eigenvalue weighted by molar-refractivity contribution is -0.114. The van der Waals surface area contributed by atoms with Gasteiger partial charge in [0.1, 0.15) is 0 Å². The van der Waals surface area contributed by atoms with Crippen LogP contribution < -0.4 is 10.6 Å². The van der Waals surface area contributed by atoms with E-state index in [9.17, 15) is 14.4 Å². The Hall–Kier alpha value is -3.09. The molecule has 0 bridgehead atoms. The molecule has 0 spiro atoms. The van der Waals surface area contributed by atoms with Gasteiger partial charge in [-0.25, -0.2) is 0 Å². The van der Waals surface area contributed by atoms with Crippen molar-refractivity contribution < 1.29 is 18.8 Å². The number of rotatable bonds is 4. The molecule has 7 heteroatoms. The number of nitrogens with zero attached hydrogens (tertiary/aromatic N) is 1. The van der Waals surface area contributed by atoms with Gasteiger partial charge in [0.05, 0.1) is 6.26 Å². The average molecular weight is 355 g/mol. The van der Waals surface area contributed by atoms with Gasteiger partial charge in [-0.05, 0) is 43.2 Å². The molecule has 2 heterocycles. The summed E-state index contributed by atoms with van der Waals surface area (Å²) in [5.74, 6) is -0.158. The Kier molecular flexibility index (Phi) is 5.36. The Bertz CT molecular complexity index is 793. The van der Waals surface area contributed by atoms with Crippen molar-refractivity contribution in [3.63, 3.8) is 0 Å². The first-order valence-corrected chi connectivity index (χ1v) is 8.54. The molecule has 3 rings (SSSR count). The van der Waals surface area contributed by atoms with E-state index in [1.165, 1.54) is 13.2 Å². The van der Waals surface area contributed by atoms with Crippen LogP contribution in [0.15, 0.2) is 47.1 Å². The minimum Gasteiger partial charge on any atom is -0.459 e. The summed E-state index contributed by atoms with van der Waals surface area (Å²) in [4.78, 5) is 37.5. The van der Waals surface area contributed by atoms with Crippen LogP contribution in [0.25, 0.3) is 0 Å². The smallest absolute Gasteiger partial charge is 0.289 e. The molecule has 1 aliphatic heterocycles. The van der Waals surface area contributed by atoms with E-state index in [0.717, 1.165) is 0 Å². The Morgan fingerprint density at radius 1 is 1.12 bits per heavy atom. The fraction of sp³-hybridized carbons (Fsp3) is 0.316. The Morgan fingerprint density at radius 3 is 2.54 bits per heavy atom. The van der Waals surface area contributed by atoms with Gasteiger partial charge in [-0.15, -0.1) is 0 Å². The number of amides is 3. The number of benzene rings is 1. The van der Waals surface area contributed by atoms with E-state index in [4.69, 9.17) is 4.42 Å².